The van der Waals surface area contributed by atoms with Gasteiger partial charge >= 0.3 is 0 Å². The number of hydrogen-bond acceptors (Lipinski definition) is 5. The van der Waals surface area contributed by atoms with E-state index in [0.29, 0.717) is 18.7 Å². The molecule has 2 heterocycles. The standard InChI is InChI=1S/C25H31N5O2/c1-2-20-8-10-21(11-9-20)18-29-15-13-24-28-27-23(30(24)17-16-29)12-14-26-25(31)19-32-22-6-4-3-5-7-22/h3-11H,2,12-19H2,1H3,(H,26,31). The van der Waals surface area contributed by atoms with Crippen molar-refractivity contribution in [2.75, 3.05) is 26.2 Å². The van der Waals surface area contributed by atoms with Crippen LogP contribution < -0.4 is 10.1 Å². The van der Waals surface area contributed by atoms with E-state index in [1.165, 1.54) is 11.1 Å². The summed E-state index contributed by atoms with van der Waals surface area (Å²) in [6.07, 6.45) is 2.61. The number of rotatable bonds is 9. The third-order valence-corrected chi connectivity index (χ3v) is 5.82. The highest BCUT2D eigenvalue weighted by molar-refractivity contribution is 5.77. The average Bonchev–Trinajstić information content (AvgIpc) is 3.10. The zero-order chi connectivity index (χ0) is 22.2. The van der Waals surface area contributed by atoms with Crippen molar-refractivity contribution in [3.63, 3.8) is 0 Å². The monoisotopic (exact) mass is 433 g/mol. The number of aromatic nitrogens is 3. The molecule has 3 aromatic rings. The van der Waals surface area contributed by atoms with Gasteiger partial charge in [-0.1, -0.05) is 49.4 Å². The fraction of sp³-hybridized carbons (Fsp3) is 0.400. The molecule has 0 atom stereocenters. The van der Waals surface area contributed by atoms with Crippen molar-refractivity contribution in [2.45, 2.75) is 39.3 Å². The fourth-order valence-electron chi connectivity index (χ4n) is 3.94. The van der Waals surface area contributed by atoms with Gasteiger partial charge in [0, 0.05) is 45.6 Å². The summed E-state index contributed by atoms with van der Waals surface area (Å²) in [5, 5.41) is 11.7. The molecule has 7 nitrogen and oxygen atoms in total. The molecule has 1 N–H and O–H groups in total. The number of benzene rings is 2. The highest BCUT2D eigenvalue weighted by atomic mass is 16.5. The van der Waals surface area contributed by atoms with Gasteiger partial charge in [-0.2, -0.15) is 0 Å². The summed E-state index contributed by atoms with van der Waals surface area (Å²) in [5.74, 6) is 2.52. The minimum Gasteiger partial charge on any atom is -0.484 e. The number of carbonyl (C=O) groups is 1. The highest BCUT2D eigenvalue weighted by Crippen LogP contribution is 2.14. The van der Waals surface area contributed by atoms with E-state index in [2.05, 4.69) is 56.2 Å². The van der Waals surface area contributed by atoms with Gasteiger partial charge < -0.3 is 14.6 Å². The highest BCUT2D eigenvalue weighted by Gasteiger charge is 2.18. The number of nitrogens with one attached hydrogen (secondary N) is 1. The van der Waals surface area contributed by atoms with E-state index >= 15 is 0 Å². The molecular formula is C25H31N5O2. The number of aryl methyl sites for hydroxylation is 1. The molecule has 4 rings (SSSR count). The van der Waals surface area contributed by atoms with Gasteiger partial charge in [-0.25, -0.2) is 0 Å². The molecule has 0 spiro atoms. The van der Waals surface area contributed by atoms with E-state index in [9.17, 15) is 4.79 Å². The number of nitrogens with zero attached hydrogens (tertiary/aromatic N) is 4. The Bertz CT molecular complexity index is 1000. The van der Waals surface area contributed by atoms with Crippen LogP contribution in [0.1, 0.15) is 29.7 Å². The molecule has 168 valence electrons. The van der Waals surface area contributed by atoms with Crippen LogP contribution >= 0.6 is 0 Å². The summed E-state index contributed by atoms with van der Waals surface area (Å²) in [5.41, 5.74) is 2.72. The zero-order valence-electron chi connectivity index (χ0n) is 18.7. The molecule has 1 aliphatic heterocycles. The molecule has 7 heteroatoms. The molecule has 32 heavy (non-hydrogen) atoms. The second-order valence-corrected chi connectivity index (χ2v) is 8.08. The van der Waals surface area contributed by atoms with Gasteiger partial charge in [-0.15, -0.1) is 10.2 Å². The van der Waals surface area contributed by atoms with Crippen LogP contribution in [0.25, 0.3) is 0 Å². The SMILES string of the molecule is CCc1ccc(CN2CCc3nnc(CCNC(=O)COc4ccccc4)n3CC2)cc1. The lowest BCUT2D eigenvalue weighted by molar-refractivity contribution is -0.123. The first-order valence-corrected chi connectivity index (χ1v) is 11.4. The van der Waals surface area contributed by atoms with Gasteiger partial charge in [0.2, 0.25) is 0 Å². The third-order valence-electron chi connectivity index (χ3n) is 5.82. The number of para-hydroxylation sites is 1. The van der Waals surface area contributed by atoms with Crippen molar-refractivity contribution in [3.8, 4) is 5.75 Å². The number of ether oxygens (including phenoxy) is 1. The van der Waals surface area contributed by atoms with Crippen LogP contribution in [0.3, 0.4) is 0 Å². The van der Waals surface area contributed by atoms with E-state index < -0.39 is 0 Å². The van der Waals surface area contributed by atoms with Gasteiger partial charge in [-0.3, -0.25) is 9.69 Å². The Hall–Kier alpha value is -3.19. The molecule has 1 aliphatic rings. The largest absolute Gasteiger partial charge is 0.484 e. The lowest BCUT2D eigenvalue weighted by atomic mass is 10.1. The normalized spacial score (nSPS) is 13.9. The van der Waals surface area contributed by atoms with Crippen LogP contribution in [0.5, 0.6) is 5.75 Å². The summed E-state index contributed by atoms with van der Waals surface area (Å²) in [6.45, 7) is 6.47. The molecule has 0 radical (unpaired) electrons. The van der Waals surface area contributed by atoms with E-state index in [-0.39, 0.29) is 12.5 Å². The van der Waals surface area contributed by atoms with Gasteiger partial charge in [0.25, 0.3) is 5.91 Å². The summed E-state index contributed by atoms with van der Waals surface area (Å²) >= 11 is 0. The topological polar surface area (TPSA) is 72.3 Å². The Kier molecular flexibility index (Phi) is 7.51. The van der Waals surface area contributed by atoms with Crippen LogP contribution in [0.2, 0.25) is 0 Å². The Morgan fingerprint density at radius 1 is 1.00 bits per heavy atom. The maximum atomic E-state index is 12.1. The quantitative estimate of drug-likeness (QED) is 0.562. The number of amides is 1. The van der Waals surface area contributed by atoms with Gasteiger partial charge in [0.05, 0.1) is 0 Å². The molecule has 0 saturated heterocycles. The molecule has 0 unspecified atom stereocenters. The van der Waals surface area contributed by atoms with Crippen molar-refractivity contribution >= 4 is 5.91 Å². The van der Waals surface area contributed by atoms with Crippen molar-refractivity contribution in [1.82, 2.24) is 25.0 Å². The molecule has 0 bridgehead atoms. The minimum atomic E-state index is -0.135. The Balaban J connectivity index is 1.23. The second kappa shape index (κ2) is 10.9. The van der Waals surface area contributed by atoms with Crippen LogP contribution in [0.4, 0.5) is 0 Å². The molecule has 1 amide bonds. The second-order valence-electron chi connectivity index (χ2n) is 8.08. The summed E-state index contributed by atoms with van der Waals surface area (Å²) in [4.78, 5) is 14.5. The molecule has 1 aromatic heterocycles. The maximum absolute atomic E-state index is 12.1. The Morgan fingerprint density at radius 2 is 1.78 bits per heavy atom. The minimum absolute atomic E-state index is 0.0101. The first-order chi connectivity index (χ1) is 15.7. The van der Waals surface area contributed by atoms with Crippen molar-refractivity contribution in [3.05, 3.63) is 77.4 Å². The summed E-state index contributed by atoms with van der Waals surface area (Å²) < 4.78 is 7.70. The molecule has 0 saturated carbocycles. The van der Waals surface area contributed by atoms with Crippen molar-refractivity contribution in [1.29, 1.82) is 0 Å². The fourth-order valence-corrected chi connectivity index (χ4v) is 3.94. The lowest BCUT2D eigenvalue weighted by Gasteiger charge is -2.19. The predicted octanol–water partition coefficient (Wildman–Crippen LogP) is 2.64. The van der Waals surface area contributed by atoms with Crippen LogP contribution in [-0.4, -0.2) is 51.8 Å². The van der Waals surface area contributed by atoms with Crippen LogP contribution in [0, 0.1) is 0 Å². The summed E-state index contributed by atoms with van der Waals surface area (Å²) in [6, 6.07) is 18.3. The molecule has 0 aliphatic carbocycles. The van der Waals surface area contributed by atoms with Crippen molar-refractivity contribution < 1.29 is 9.53 Å². The average molecular weight is 434 g/mol. The predicted molar refractivity (Wildman–Crippen MR) is 123 cm³/mol. The van der Waals surface area contributed by atoms with Crippen LogP contribution in [0.15, 0.2) is 54.6 Å². The number of carbonyl (C=O) groups excluding carboxylic acids is 1. The van der Waals surface area contributed by atoms with Gasteiger partial charge in [-0.05, 0) is 29.7 Å². The summed E-state index contributed by atoms with van der Waals surface area (Å²) in [7, 11) is 0. The van der Waals surface area contributed by atoms with Gasteiger partial charge in [0.1, 0.15) is 17.4 Å². The smallest absolute Gasteiger partial charge is 0.257 e. The number of fused-ring (bicyclic) bond motifs is 1. The van der Waals surface area contributed by atoms with Crippen LogP contribution in [-0.2, 0) is 37.1 Å². The molecular weight excluding hydrogens is 402 g/mol. The van der Waals surface area contributed by atoms with Gasteiger partial charge in [0.15, 0.2) is 6.61 Å². The Labute approximate surface area is 189 Å². The zero-order valence-corrected chi connectivity index (χ0v) is 18.7. The van der Waals surface area contributed by atoms with E-state index in [1.807, 2.05) is 30.3 Å². The molecule has 2 aromatic carbocycles. The van der Waals surface area contributed by atoms with E-state index in [4.69, 9.17) is 4.74 Å². The maximum Gasteiger partial charge on any atom is 0.257 e. The first-order valence-electron chi connectivity index (χ1n) is 11.4. The lowest BCUT2D eigenvalue weighted by Crippen LogP contribution is -2.31. The Morgan fingerprint density at radius 3 is 2.56 bits per heavy atom. The van der Waals surface area contributed by atoms with E-state index in [1.54, 1.807) is 0 Å². The van der Waals surface area contributed by atoms with Crippen molar-refractivity contribution in [2.24, 2.45) is 0 Å². The molecule has 0 fully saturated rings. The first kappa shape index (κ1) is 22.0. The third kappa shape index (κ3) is 5.95. The van der Waals surface area contributed by atoms with E-state index in [0.717, 1.165) is 50.7 Å². The number of hydrogen-bond donors (Lipinski definition) is 1.